The minimum absolute atomic E-state index is 0.00735. The molecule has 44 heavy (non-hydrogen) atoms. The second-order valence-electron chi connectivity index (χ2n) is 17.4. The molecular formula is C39H54O5. The maximum Gasteiger partial charge on any atom is 0.331 e. The molecule has 0 saturated heterocycles. The first-order valence-electron chi connectivity index (χ1n) is 17.1. The molecule has 0 bridgehead atoms. The fourth-order valence-electron chi connectivity index (χ4n) is 11.7. The van der Waals surface area contributed by atoms with E-state index in [0.717, 1.165) is 69.8 Å². The van der Waals surface area contributed by atoms with Crippen molar-refractivity contribution in [3.63, 3.8) is 0 Å². The molecule has 1 aromatic carbocycles. The first-order valence-corrected chi connectivity index (χ1v) is 17.1. The van der Waals surface area contributed by atoms with Crippen molar-refractivity contribution in [1.29, 1.82) is 0 Å². The van der Waals surface area contributed by atoms with Crippen molar-refractivity contribution >= 4 is 18.0 Å². The first kappa shape index (κ1) is 31.4. The van der Waals surface area contributed by atoms with Crippen molar-refractivity contribution in [2.24, 2.45) is 50.2 Å². The Kier molecular flexibility index (Phi) is 7.30. The van der Waals surface area contributed by atoms with Gasteiger partial charge in [0.2, 0.25) is 0 Å². The topological polar surface area (TPSA) is 83.8 Å². The van der Waals surface area contributed by atoms with Crippen LogP contribution in [0, 0.1) is 50.2 Å². The Morgan fingerprint density at radius 2 is 1.55 bits per heavy atom. The highest BCUT2D eigenvalue weighted by molar-refractivity contribution is 5.87. The quantitative estimate of drug-likeness (QED) is 0.204. The molecule has 5 aliphatic rings. The second-order valence-corrected chi connectivity index (χ2v) is 17.4. The van der Waals surface area contributed by atoms with Crippen LogP contribution >= 0.6 is 0 Å². The molecule has 0 aromatic heterocycles. The summed E-state index contributed by atoms with van der Waals surface area (Å²) >= 11 is 0. The number of carboxylic acid groups (broad SMARTS) is 1. The highest BCUT2D eigenvalue weighted by atomic mass is 16.5. The summed E-state index contributed by atoms with van der Waals surface area (Å²) in [7, 11) is 0. The van der Waals surface area contributed by atoms with E-state index in [1.807, 2.05) is 0 Å². The minimum Gasteiger partial charge on any atom is -0.508 e. The van der Waals surface area contributed by atoms with Gasteiger partial charge in [0.1, 0.15) is 11.9 Å². The third-order valence-electron chi connectivity index (χ3n) is 14.6. The monoisotopic (exact) mass is 602 g/mol. The van der Waals surface area contributed by atoms with Crippen molar-refractivity contribution in [2.45, 2.75) is 119 Å². The van der Waals surface area contributed by atoms with Gasteiger partial charge >= 0.3 is 11.9 Å². The summed E-state index contributed by atoms with van der Waals surface area (Å²) in [4.78, 5) is 25.9. The number of phenols is 1. The summed E-state index contributed by atoms with van der Waals surface area (Å²) < 4.78 is 6.18. The van der Waals surface area contributed by atoms with Crippen LogP contribution < -0.4 is 0 Å². The van der Waals surface area contributed by atoms with Crippen LogP contribution in [0.4, 0.5) is 0 Å². The van der Waals surface area contributed by atoms with Gasteiger partial charge in [-0.25, -0.2) is 4.79 Å². The van der Waals surface area contributed by atoms with Crippen molar-refractivity contribution in [3.05, 3.63) is 47.6 Å². The van der Waals surface area contributed by atoms with E-state index in [1.54, 1.807) is 30.3 Å². The van der Waals surface area contributed by atoms with Gasteiger partial charge in [-0.3, -0.25) is 4.79 Å². The number of phenolic OH excluding ortho intramolecular Hbond substituents is 1. The van der Waals surface area contributed by atoms with Crippen LogP contribution in [0.3, 0.4) is 0 Å². The summed E-state index contributed by atoms with van der Waals surface area (Å²) in [5.74, 6) is 0.409. The zero-order valence-corrected chi connectivity index (χ0v) is 28.0. The van der Waals surface area contributed by atoms with Gasteiger partial charge in [0.25, 0.3) is 0 Å². The molecule has 0 amide bonds. The fourth-order valence-corrected chi connectivity index (χ4v) is 11.7. The van der Waals surface area contributed by atoms with E-state index in [-0.39, 0.29) is 50.8 Å². The molecule has 0 aliphatic heterocycles. The lowest BCUT2D eigenvalue weighted by molar-refractivity contribution is -0.212. The molecule has 240 valence electrons. The number of aromatic hydroxyl groups is 1. The van der Waals surface area contributed by atoms with Gasteiger partial charge in [-0.05, 0) is 127 Å². The smallest absolute Gasteiger partial charge is 0.331 e. The zero-order valence-electron chi connectivity index (χ0n) is 28.0. The van der Waals surface area contributed by atoms with Crippen molar-refractivity contribution < 1.29 is 24.5 Å². The number of carbonyl (C=O) groups excluding carboxylic acids is 1. The lowest BCUT2D eigenvalue weighted by Gasteiger charge is -2.71. The largest absolute Gasteiger partial charge is 0.508 e. The van der Waals surface area contributed by atoms with Gasteiger partial charge in [0.05, 0.1) is 5.41 Å². The predicted molar refractivity (Wildman–Crippen MR) is 174 cm³/mol. The number of ether oxygens (including phenoxy) is 1. The van der Waals surface area contributed by atoms with Gasteiger partial charge in [-0.1, -0.05) is 72.2 Å². The van der Waals surface area contributed by atoms with Crippen molar-refractivity contribution in [3.8, 4) is 5.75 Å². The predicted octanol–water partition coefficient (Wildman–Crippen LogP) is 9.20. The molecule has 0 radical (unpaired) electrons. The maximum absolute atomic E-state index is 13.0. The average Bonchev–Trinajstić information content (AvgIpc) is 2.94. The van der Waals surface area contributed by atoms with E-state index in [4.69, 9.17) is 4.74 Å². The molecule has 6 rings (SSSR count). The van der Waals surface area contributed by atoms with E-state index in [2.05, 4.69) is 54.5 Å². The number of aliphatic carboxylic acids is 1. The number of benzene rings is 1. The highest BCUT2D eigenvalue weighted by Crippen LogP contribution is 2.75. The van der Waals surface area contributed by atoms with E-state index < -0.39 is 11.4 Å². The molecule has 8 unspecified atom stereocenters. The molecule has 1 aromatic rings. The number of rotatable bonds is 4. The third kappa shape index (κ3) is 4.53. The number of hydrogen-bond donors (Lipinski definition) is 2. The molecule has 5 heteroatoms. The lowest BCUT2D eigenvalue weighted by Crippen LogP contribution is -2.65. The van der Waals surface area contributed by atoms with Crippen molar-refractivity contribution in [2.75, 3.05) is 0 Å². The van der Waals surface area contributed by atoms with E-state index >= 15 is 0 Å². The van der Waals surface area contributed by atoms with Crippen LogP contribution in [0.2, 0.25) is 0 Å². The molecule has 5 aliphatic carbocycles. The molecule has 0 heterocycles. The molecule has 5 nitrogen and oxygen atoms in total. The normalized spacial score (nSPS) is 42.2. The summed E-state index contributed by atoms with van der Waals surface area (Å²) in [6.45, 7) is 16.9. The molecule has 4 saturated carbocycles. The summed E-state index contributed by atoms with van der Waals surface area (Å²) in [5.41, 5.74) is 1.98. The van der Waals surface area contributed by atoms with Gasteiger partial charge in [0.15, 0.2) is 0 Å². The fraction of sp³-hybridized carbons (Fsp3) is 0.692. The average molecular weight is 603 g/mol. The Balaban J connectivity index is 1.26. The number of carbonyl (C=O) groups is 2. The maximum atomic E-state index is 13.0. The van der Waals surface area contributed by atoms with Crippen LogP contribution in [0.1, 0.15) is 118 Å². The second kappa shape index (κ2) is 10.2. The summed E-state index contributed by atoms with van der Waals surface area (Å²) in [6.07, 6.45) is 15.3. The first-order chi connectivity index (χ1) is 20.5. The van der Waals surface area contributed by atoms with Crippen LogP contribution in [0.25, 0.3) is 6.08 Å². The van der Waals surface area contributed by atoms with Crippen LogP contribution in [0.15, 0.2) is 42.0 Å². The molecule has 4 fully saturated rings. The molecule has 8 atom stereocenters. The number of hydrogen-bond acceptors (Lipinski definition) is 4. The number of esters is 1. The van der Waals surface area contributed by atoms with Crippen LogP contribution in [-0.4, -0.2) is 28.3 Å². The molecule has 0 spiro atoms. The van der Waals surface area contributed by atoms with Gasteiger partial charge in [-0.15, -0.1) is 0 Å². The van der Waals surface area contributed by atoms with Crippen LogP contribution in [-0.2, 0) is 14.3 Å². The Labute approximate surface area is 264 Å². The Morgan fingerprint density at radius 1 is 0.864 bits per heavy atom. The molecule has 2 N–H and O–H groups in total. The Hall–Kier alpha value is -2.56. The van der Waals surface area contributed by atoms with Gasteiger partial charge < -0.3 is 14.9 Å². The number of allylic oxidation sites excluding steroid dienone is 2. The minimum atomic E-state index is -0.605. The Bertz CT molecular complexity index is 1390. The standard InChI is InChI=1S/C39H54O5/c1-34(2)20-22-39(33(42)43)23-21-37(6)27(28(39)24-34)13-14-30-36(5)18-17-31(35(3,4)29(36)16-19-38(30,37)7)44-32(41)15-10-25-8-11-26(40)12-9-25/h8-13,15,28-31,40H,14,16-24H2,1-7H3,(H,42,43)/b15-10+. The van der Waals surface area contributed by atoms with Gasteiger partial charge in [-0.2, -0.15) is 0 Å². The Morgan fingerprint density at radius 3 is 2.23 bits per heavy atom. The van der Waals surface area contributed by atoms with Crippen LogP contribution in [0.5, 0.6) is 5.75 Å². The summed E-state index contributed by atoms with van der Waals surface area (Å²) in [5, 5.41) is 20.2. The lowest BCUT2D eigenvalue weighted by atomic mass is 9.33. The number of fused-ring (bicyclic) bond motifs is 7. The number of carboxylic acids is 1. The van der Waals surface area contributed by atoms with E-state index in [9.17, 15) is 19.8 Å². The SMILES string of the molecule is CC1(C)CCC2(C(=O)O)CCC3(C)C(=CCC4C5(C)CCC(OC(=O)/C=C/c6ccc(O)cc6)C(C)(C)C5CCC43C)C2C1. The highest BCUT2D eigenvalue weighted by Gasteiger charge is 2.69. The summed E-state index contributed by atoms with van der Waals surface area (Å²) in [6, 6.07) is 6.79. The third-order valence-corrected chi connectivity index (χ3v) is 14.6. The van der Waals surface area contributed by atoms with Gasteiger partial charge in [0, 0.05) is 11.5 Å². The van der Waals surface area contributed by atoms with Crippen molar-refractivity contribution in [1.82, 2.24) is 0 Å². The zero-order chi connectivity index (χ0) is 31.9. The molecular weight excluding hydrogens is 548 g/mol. The van der Waals surface area contributed by atoms with E-state index in [1.165, 1.54) is 11.6 Å². The van der Waals surface area contributed by atoms with E-state index in [0.29, 0.717) is 11.8 Å².